The van der Waals surface area contributed by atoms with E-state index >= 15 is 0 Å². The van der Waals surface area contributed by atoms with Crippen molar-refractivity contribution < 1.29 is 4.74 Å². The van der Waals surface area contributed by atoms with Crippen molar-refractivity contribution in [3.05, 3.63) is 59.7 Å². The number of hydrogen-bond acceptors (Lipinski definition) is 1. The highest BCUT2D eigenvalue weighted by Crippen LogP contribution is 2.69. The first kappa shape index (κ1) is 10.2. The van der Waals surface area contributed by atoms with Crippen LogP contribution in [0.5, 0.6) is 0 Å². The van der Waals surface area contributed by atoms with Crippen LogP contribution in [0.2, 0.25) is 0 Å². The Hall–Kier alpha value is -1.60. The molecule has 2 aromatic carbocycles. The Balaban J connectivity index is 1.83. The molecule has 19 heavy (non-hydrogen) atoms. The zero-order chi connectivity index (χ0) is 12.4. The van der Waals surface area contributed by atoms with Gasteiger partial charge in [-0.2, -0.15) is 0 Å². The molecule has 1 aliphatic heterocycles. The quantitative estimate of drug-likeness (QED) is 0.689. The Labute approximate surface area is 113 Å². The second-order valence-electron chi connectivity index (χ2n) is 6.00. The molecule has 1 heteroatoms. The van der Waals surface area contributed by atoms with Crippen LogP contribution in [0.4, 0.5) is 0 Å². The summed E-state index contributed by atoms with van der Waals surface area (Å²) in [6.45, 7) is 0.938. The second kappa shape index (κ2) is 3.29. The lowest BCUT2D eigenvalue weighted by atomic mass is 9.89. The van der Waals surface area contributed by atoms with E-state index in [2.05, 4.69) is 48.5 Å². The molecule has 1 nitrogen and oxygen atoms in total. The van der Waals surface area contributed by atoms with Crippen LogP contribution >= 0.6 is 0 Å². The molecule has 94 valence electrons. The van der Waals surface area contributed by atoms with Crippen LogP contribution in [-0.2, 0) is 10.2 Å². The van der Waals surface area contributed by atoms with Gasteiger partial charge in [0.05, 0.1) is 11.5 Å². The van der Waals surface area contributed by atoms with E-state index in [0.29, 0.717) is 12.0 Å². The highest BCUT2D eigenvalue weighted by molar-refractivity contribution is 5.84. The maximum absolute atomic E-state index is 6.10. The smallest absolute Gasteiger partial charge is 0.0757 e. The number of rotatable bonds is 0. The van der Waals surface area contributed by atoms with Crippen LogP contribution < -0.4 is 0 Å². The first-order valence-electron chi connectivity index (χ1n) is 7.25. The number of fused-ring (bicyclic) bond motifs is 8. The molecule has 0 aromatic heterocycles. The molecule has 0 unspecified atom stereocenters. The molecule has 0 amide bonds. The van der Waals surface area contributed by atoms with Gasteiger partial charge in [0.1, 0.15) is 0 Å². The van der Waals surface area contributed by atoms with Gasteiger partial charge in [-0.1, -0.05) is 48.5 Å². The summed E-state index contributed by atoms with van der Waals surface area (Å²) in [6, 6.07) is 17.8. The standard InChI is InChI=1S/C18H16O/c1-3-8-14-12(6-1)13-7-2-4-9-15(13)18(14)16-10-5-11-19-17(16)18/h1-4,6-9,16-17H,5,10-11H2/t16-,17+/m0/s1. The fourth-order valence-electron chi connectivity index (χ4n) is 4.57. The summed E-state index contributed by atoms with van der Waals surface area (Å²) in [5.74, 6) is 0.700. The van der Waals surface area contributed by atoms with Gasteiger partial charge in [0.25, 0.3) is 0 Å². The van der Waals surface area contributed by atoms with Gasteiger partial charge in [0, 0.05) is 12.5 Å². The summed E-state index contributed by atoms with van der Waals surface area (Å²) in [6.07, 6.45) is 2.95. The summed E-state index contributed by atoms with van der Waals surface area (Å²) in [7, 11) is 0. The third-order valence-corrected chi connectivity index (χ3v) is 5.28. The van der Waals surface area contributed by atoms with E-state index in [-0.39, 0.29) is 5.41 Å². The monoisotopic (exact) mass is 248 g/mol. The van der Waals surface area contributed by atoms with Crippen LogP contribution in [0, 0.1) is 5.92 Å². The Kier molecular flexibility index (Phi) is 1.77. The van der Waals surface area contributed by atoms with Gasteiger partial charge in [-0.25, -0.2) is 0 Å². The largest absolute Gasteiger partial charge is 0.377 e. The summed E-state index contributed by atoms with van der Waals surface area (Å²) < 4.78 is 6.10. The first-order valence-corrected chi connectivity index (χ1v) is 7.25. The summed E-state index contributed by atoms with van der Waals surface area (Å²) in [5, 5.41) is 0. The van der Waals surface area contributed by atoms with Gasteiger partial charge < -0.3 is 4.74 Å². The predicted molar refractivity (Wildman–Crippen MR) is 75.1 cm³/mol. The van der Waals surface area contributed by atoms with Gasteiger partial charge in [0.2, 0.25) is 0 Å². The highest BCUT2D eigenvalue weighted by atomic mass is 16.5. The predicted octanol–water partition coefficient (Wildman–Crippen LogP) is 3.76. The van der Waals surface area contributed by atoms with Gasteiger partial charge in [-0.3, -0.25) is 0 Å². The molecule has 5 rings (SSSR count). The Morgan fingerprint density at radius 2 is 1.53 bits per heavy atom. The van der Waals surface area contributed by atoms with E-state index in [1.165, 1.54) is 35.1 Å². The van der Waals surface area contributed by atoms with Crippen molar-refractivity contribution in [2.75, 3.05) is 6.61 Å². The van der Waals surface area contributed by atoms with Gasteiger partial charge >= 0.3 is 0 Å². The molecular formula is C18H16O. The normalized spacial score (nSPS) is 28.6. The second-order valence-corrected chi connectivity index (χ2v) is 6.00. The van der Waals surface area contributed by atoms with E-state index in [1.54, 1.807) is 0 Å². The third kappa shape index (κ3) is 1.03. The van der Waals surface area contributed by atoms with Crippen LogP contribution in [0.1, 0.15) is 24.0 Å². The Morgan fingerprint density at radius 1 is 0.895 bits per heavy atom. The van der Waals surface area contributed by atoms with Crippen molar-refractivity contribution in [2.24, 2.45) is 5.92 Å². The molecule has 1 saturated heterocycles. The van der Waals surface area contributed by atoms with Gasteiger partial charge in [-0.15, -0.1) is 0 Å². The molecule has 0 radical (unpaired) electrons. The fraction of sp³-hybridized carbons (Fsp3) is 0.333. The molecule has 0 N–H and O–H groups in total. The lowest BCUT2D eigenvalue weighted by Crippen LogP contribution is -2.13. The zero-order valence-electron chi connectivity index (χ0n) is 10.8. The van der Waals surface area contributed by atoms with Crippen LogP contribution in [0.3, 0.4) is 0 Å². The average Bonchev–Trinajstić information content (AvgIpc) is 3.07. The maximum Gasteiger partial charge on any atom is 0.0757 e. The minimum atomic E-state index is 0.184. The number of ether oxygens (including phenoxy) is 1. The minimum Gasteiger partial charge on any atom is -0.377 e. The Morgan fingerprint density at radius 3 is 2.11 bits per heavy atom. The lowest BCUT2D eigenvalue weighted by molar-refractivity contribution is 0.0750. The van der Waals surface area contributed by atoms with E-state index < -0.39 is 0 Å². The van der Waals surface area contributed by atoms with Gasteiger partial charge in [0.15, 0.2) is 0 Å². The molecule has 1 heterocycles. The van der Waals surface area contributed by atoms with E-state index in [0.717, 1.165) is 6.61 Å². The summed E-state index contributed by atoms with van der Waals surface area (Å²) >= 11 is 0. The van der Waals surface area contributed by atoms with E-state index in [4.69, 9.17) is 4.74 Å². The average molecular weight is 248 g/mol. The van der Waals surface area contributed by atoms with Gasteiger partial charge in [-0.05, 0) is 35.1 Å². The van der Waals surface area contributed by atoms with Crippen molar-refractivity contribution in [3.8, 4) is 11.1 Å². The summed E-state index contributed by atoms with van der Waals surface area (Å²) in [4.78, 5) is 0. The lowest BCUT2D eigenvalue weighted by Gasteiger charge is -2.13. The molecule has 1 saturated carbocycles. The van der Waals surface area contributed by atoms with Crippen LogP contribution in [0.25, 0.3) is 11.1 Å². The topological polar surface area (TPSA) is 9.23 Å². The van der Waals surface area contributed by atoms with Crippen molar-refractivity contribution in [1.82, 2.24) is 0 Å². The molecule has 0 bridgehead atoms. The fourth-order valence-corrected chi connectivity index (χ4v) is 4.57. The molecule has 2 fully saturated rings. The molecular weight excluding hydrogens is 232 g/mol. The van der Waals surface area contributed by atoms with E-state index in [9.17, 15) is 0 Å². The summed E-state index contributed by atoms with van der Waals surface area (Å²) in [5.41, 5.74) is 6.05. The highest BCUT2D eigenvalue weighted by Gasteiger charge is 2.70. The SMILES string of the molecule is c1ccc2c(c1)-c1ccccc1C21[C@@H]2OCCC[C@@H]21. The third-order valence-electron chi connectivity index (χ3n) is 5.28. The number of benzene rings is 2. The van der Waals surface area contributed by atoms with Crippen molar-refractivity contribution in [2.45, 2.75) is 24.4 Å². The van der Waals surface area contributed by atoms with Crippen molar-refractivity contribution >= 4 is 0 Å². The van der Waals surface area contributed by atoms with Crippen molar-refractivity contribution in [3.63, 3.8) is 0 Å². The van der Waals surface area contributed by atoms with Crippen LogP contribution in [-0.4, -0.2) is 12.7 Å². The number of hydrogen-bond donors (Lipinski definition) is 0. The van der Waals surface area contributed by atoms with Crippen molar-refractivity contribution in [1.29, 1.82) is 0 Å². The molecule has 1 spiro atoms. The molecule has 2 aliphatic carbocycles. The first-order chi connectivity index (χ1) is 9.44. The minimum absolute atomic E-state index is 0.184. The molecule has 2 atom stereocenters. The molecule has 2 aromatic rings. The maximum atomic E-state index is 6.10. The Bertz CT molecular complexity index is 613. The molecule has 3 aliphatic rings. The van der Waals surface area contributed by atoms with Crippen LogP contribution in [0.15, 0.2) is 48.5 Å². The van der Waals surface area contributed by atoms with E-state index in [1.807, 2.05) is 0 Å². The zero-order valence-corrected chi connectivity index (χ0v) is 10.8.